The Bertz CT molecular complexity index is 1310. The minimum absolute atomic E-state index is 0.00554. The summed E-state index contributed by atoms with van der Waals surface area (Å²) in [6.45, 7) is 7.37. The molecule has 1 saturated heterocycles. The normalized spacial score (nSPS) is 14.0. The van der Waals surface area contributed by atoms with E-state index < -0.39 is 28.1 Å². The second-order valence-electron chi connectivity index (χ2n) is 9.06. The molecular formula is C26H33F3N4O7S. The van der Waals surface area contributed by atoms with Crippen molar-refractivity contribution in [2.45, 2.75) is 37.8 Å². The van der Waals surface area contributed by atoms with E-state index in [9.17, 15) is 36.3 Å². The molecule has 0 saturated carbocycles. The van der Waals surface area contributed by atoms with Gasteiger partial charge in [-0.15, -0.1) is 0 Å². The molecule has 2 aromatic carbocycles. The highest BCUT2D eigenvalue weighted by Gasteiger charge is 2.38. The Morgan fingerprint density at radius 1 is 0.951 bits per heavy atom. The van der Waals surface area contributed by atoms with Crippen molar-refractivity contribution in [1.29, 1.82) is 0 Å². The Balaban J connectivity index is 0.000000745. The van der Waals surface area contributed by atoms with Crippen LogP contribution in [0.15, 0.2) is 47.4 Å². The molecule has 4 N–H and O–H groups in total. The summed E-state index contributed by atoms with van der Waals surface area (Å²) in [5, 5.41) is 19.4. The maximum absolute atomic E-state index is 13.0. The van der Waals surface area contributed by atoms with Crippen molar-refractivity contribution in [2.24, 2.45) is 0 Å². The number of amides is 1. The van der Waals surface area contributed by atoms with Crippen LogP contribution in [0.5, 0.6) is 0 Å². The van der Waals surface area contributed by atoms with Crippen molar-refractivity contribution in [1.82, 2.24) is 10.2 Å². The van der Waals surface area contributed by atoms with Crippen LogP contribution in [-0.2, 0) is 26.0 Å². The number of carbonyl (C=O) groups excluding carboxylic acids is 1. The monoisotopic (exact) mass is 602 g/mol. The molecule has 0 aromatic heterocycles. The van der Waals surface area contributed by atoms with E-state index in [4.69, 9.17) is 9.90 Å². The smallest absolute Gasteiger partial charge is 0.478 e. The maximum atomic E-state index is 13.0. The molecule has 41 heavy (non-hydrogen) atoms. The van der Waals surface area contributed by atoms with Gasteiger partial charge in [-0.25, -0.2) is 18.0 Å². The predicted molar refractivity (Wildman–Crippen MR) is 146 cm³/mol. The van der Waals surface area contributed by atoms with E-state index in [0.717, 1.165) is 18.4 Å². The van der Waals surface area contributed by atoms with Gasteiger partial charge in [0, 0.05) is 32.7 Å². The molecule has 1 amide bonds. The number of carboxylic acid groups (broad SMARTS) is 2. The number of anilines is 2. The van der Waals surface area contributed by atoms with Crippen LogP contribution in [0.3, 0.4) is 0 Å². The summed E-state index contributed by atoms with van der Waals surface area (Å²) in [5.74, 6) is -3.90. The number of benzene rings is 2. The van der Waals surface area contributed by atoms with E-state index in [1.165, 1.54) is 12.1 Å². The number of nitrogens with one attached hydrogen (secondary N) is 2. The largest absolute Gasteiger partial charge is 0.490 e. The number of hydrogen-bond donors (Lipinski definition) is 4. The summed E-state index contributed by atoms with van der Waals surface area (Å²) >= 11 is 0. The molecule has 0 aliphatic carbocycles. The Kier molecular flexibility index (Phi) is 11.9. The van der Waals surface area contributed by atoms with E-state index in [0.29, 0.717) is 45.0 Å². The first-order valence-electron chi connectivity index (χ1n) is 12.7. The van der Waals surface area contributed by atoms with E-state index in [1.54, 1.807) is 30.3 Å². The van der Waals surface area contributed by atoms with Crippen molar-refractivity contribution in [3.63, 3.8) is 0 Å². The molecule has 0 spiro atoms. The van der Waals surface area contributed by atoms with Gasteiger partial charge >= 0.3 is 18.1 Å². The van der Waals surface area contributed by atoms with Crippen LogP contribution in [-0.4, -0.2) is 86.8 Å². The van der Waals surface area contributed by atoms with E-state index in [1.807, 2.05) is 23.6 Å². The lowest BCUT2D eigenvalue weighted by atomic mass is 10.1. The van der Waals surface area contributed by atoms with Gasteiger partial charge in [0.1, 0.15) is 0 Å². The minimum atomic E-state index is -5.08. The van der Waals surface area contributed by atoms with E-state index >= 15 is 0 Å². The first kappa shape index (κ1) is 33.4. The van der Waals surface area contributed by atoms with Crippen LogP contribution in [0, 0.1) is 0 Å². The van der Waals surface area contributed by atoms with Gasteiger partial charge in [-0.3, -0.25) is 14.4 Å². The average Bonchev–Trinajstić information content (AvgIpc) is 2.92. The maximum Gasteiger partial charge on any atom is 0.490 e. The molecule has 0 unspecified atom stereocenters. The number of carbonyl (C=O) groups is 3. The number of sulfonamides is 1. The molecule has 2 aromatic rings. The standard InChI is InChI=1S/C24H32N4O5S.C2HF3O2/c1-3-11-25-23(29)17-27-12-14-28(15-13-27)22-10-7-19(24(30)31)16-21(22)26-34(32,33)20-8-5-18(4-2)6-9-20;3-2(4,5)1(6)7/h5-10,16,26H,3-4,11-15,17H2,1-2H3,(H,25,29)(H,30,31);(H,6,7). The van der Waals surface area contributed by atoms with Crippen LogP contribution in [0.2, 0.25) is 0 Å². The third-order valence-corrected chi connectivity index (χ3v) is 7.41. The summed E-state index contributed by atoms with van der Waals surface area (Å²) in [4.78, 5) is 36.6. The number of aliphatic carboxylic acids is 1. The molecule has 3 rings (SSSR count). The summed E-state index contributed by atoms with van der Waals surface area (Å²) in [6.07, 6.45) is -3.40. The molecule has 15 heteroatoms. The Hall–Kier alpha value is -3.85. The summed E-state index contributed by atoms with van der Waals surface area (Å²) in [6, 6.07) is 11.1. The molecule has 226 valence electrons. The number of halogens is 3. The van der Waals surface area contributed by atoms with Gasteiger partial charge in [0.25, 0.3) is 10.0 Å². The fourth-order valence-corrected chi connectivity index (χ4v) is 4.87. The highest BCUT2D eigenvalue weighted by molar-refractivity contribution is 7.92. The zero-order valence-electron chi connectivity index (χ0n) is 22.6. The summed E-state index contributed by atoms with van der Waals surface area (Å²) in [5.41, 5.74) is 1.84. The number of alkyl halides is 3. The Morgan fingerprint density at radius 3 is 2.02 bits per heavy atom. The molecule has 1 fully saturated rings. The van der Waals surface area contributed by atoms with Crippen LogP contribution in [0.1, 0.15) is 36.2 Å². The fraction of sp³-hybridized carbons (Fsp3) is 0.423. The summed E-state index contributed by atoms with van der Waals surface area (Å²) in [7, 11) is -3.91. The number of aryl methyl sites for hydroxylation is 1. The van der Waals surface area contributed by atoms with Crippen molar-refractivity contribution in [3.8, 4) is 0 Å². The SMILES string of the molecule is CCCNC(=O)CN1CCN(c2ccc(C(=O)O)cc2NS(=O)(=O)c2ccc(CC)cc2)CC1.O=C(O)C(F)(F)F. The van der Waals surface area contributed by atoms with Gasteiger partial charge in [-0.2, -0.15) is 13.2 Å². The molecule has 0 bridgehead atoms. The average molecular weight is 603 g/mol. The second kappa shape index (κ2) is 14.7. The van der Waals surface area contributed by atoms with Crippen LogP contribution in [0.4, 0.5) is 24.5 Å². The van der Waals surface area contributed by atoms with Gasteiger partial charge in [-0.1, -0.05) is 26.0 Å². The van der Waals surface area contributed by atoms with Gasteiger partial charge in [0.05, 0.1) is 28.4 Å². The third-order valence-electron chi connectivity index (χ3n) is 6.02. The third kappa shape index (κ3) is 10.2. The number of carboxylic acids is 2. The zero-order valence-corrected chi connectivity index (χ0v) is 23.4. The topological polar surface area (TPSA) is 156 Å². The van der Waals surface area contributed by atoms with Crippen molar-refractivity contribution < 1.29 is 46.2 Å². The molecule has 0 radical (unpaired) electrons. The molecule has 0 atom stereocenters. The van der Waals surface area contributed by atoms with Crippen LogP contribution in [0.25, 0.3) is 0 Å². The lowest BCUT2D eigenvalue weighted by molar-refractivity contribution is -0.192. The highest BCUT2D eigenvalue weighted by atomic mass is 32.2. The van der Waals surface area contributed by atoms with Crippen molar-refractivity contribution in [3.05, 3.63) is 53.6 Å². The number of nitrogens with zero attached hydrogens (tertiary/aromatic N) is 2. The number of hydrogen-bond acceptors (Lipinski definition) is 7. The Morgan fingerprint density at radius 2 is 1.54 bits per heavy atom. The Labute approximate surface area is 236 Å². The van der Waals surface area contributed by atoms with E-state index in [-0.39, 0.29) is 22.1 Å². The van der Waals surface area contributed by atoms with Gasteiger partial charge in [0.15, 0.2) is 0 Å². The van der Waals surface area contributed by atoms with Gasteiger partial charge < -0.3 is 20.4 Å². The van der Waals surface area contributed by atoms with Gasteiger partial charge in [-0.05, 0) is 48.7 Å². The number of aromatic carboxylic acids is 1. The second-order valence-corrected chi connectivity index (χ2v) is 10.7. The van der Waals surface area contributed by atoms with Crippen LogP contribution < -0.4 is 14.9 Å². The lowest BCUT2D eigenvalue weighted by Crippen LogP contribution is -2.49. The first-order valence-corrected chi connectivity index (χ1v) is 14.2. The number of piperazine rings is 1. The predicted octanol–water partition coefficient (Wildman–Crippen LogP) is 3.03. The first-order chi connectivity index (χ1) is 19.2. The fourth-order valence-electron chi connectivity index (χ4n) is 3.80. The van der Waals surface area contributed by atoms with Crippen molar-refractivity contribution >= 4 is 39.2 Å². The number of rotatable bonds is 10. The molecular weight excluding hydrogens is 569 g/mol. The van der Waals surface area contributed by atoms with Crippen molar-refractivity contribution in [2.75, 3.05) is 48.9 Å². The quantitative estimate of drug-likeness (QED) is 0.321. The molecule has 1 aliphatic heterocycles. The molecule has 1 aliphatic rings. The highest BCUT2D eigenvalue weighted by Crippen LogP contribution is 2.30. The molecule has 11 nitrogen and oxygen atoms in total. The van der Waals surface area contributed by atoms with E-state index in [2.05, 4.69) is 10.0 Å². The lowest BCUT2D eigenvalue weighted by Gasteiger charge is -2.36. The van der Waals surface area contributed by atoms with Crippen LogP contribution >= 0.6 is 0 Å². The zero-order chi connectivity index (χ0) is 30.8. The molecule has 1 heterocycles. The van der Waals surface area contributed by atoms with Gasteiger partial charge in [0.2, 0.25) is 5.91 Å². The summed E-state index contributed by atoms with van der Waals surface area (Å²) < 4.78 is 60.4. The minimum Gasteiger partial charge on any atom is -0.478 e.